The van der Waals surface area contributed by atoms with Gasteiger partial charge in [-0.25, -0.2) is 0 Å². The number of carboxylic acids is 1. The molecule has 2 aliphatic carbocycles. The van der Waals surface area contributed by atoms with Crippen LogP contribution in [0, 0.1) is 29.6 Å². The Bertz CT molecular complexity index is 1670. The smallest absolute Gasteiger partial charge is 0.305 e. The van der Waals surface area contributed by atoms with Gasteiger partial charge in [-0.15, -0.1) is 11.8 Å². The van der Waals surface area contributed by atoms with Crippen molar-refractivity contribution in [1.29, 1.82) is 0 Å². The summed E-state index contributed by atoms with van der Waals surface area (Å²) in [7, 11) is 0. The number of para-hydroxylation sites is 2. The lowest BCUT2D eigenvalue weighted by Crippen LogP contribution is -2.42. The second-order valence-corrected chi connectivity index (χ2v) is 13.7. The third-order valence-electron chi connectivity index (χ3n) is 9.26. The van der Waals surface area contributed by atoms with Gasteiger partial charge in [-0.1, -0.05) is 47.7 Å². The lowest BCUT2D eigenvalue weighted by atomic mass is 9.68. The Labute approximate surface area is 254 Å². The van der Waals surface area contributed by atoms with Crippen molar-refractivity contribution < 1.29 is 29.0 Å². The number of carbonyl (C=O) groups excluding carboxylic acids is 3. The molecular weight excluding hydrogens is 590 g/mol. The van der Waals surface area contributed by atoms with Crippen LogP contribution in [-0.4, -0.2) is 57.1 Å². The molecular formula is C31H29N3O7S2. The van der Waals surface area contributed by atoms with Gasteiger partial charge in [0.1, 0.15) is 5.75 Å². The minimum atomic E-state index is -0.955. The van der Waals surface area contributed by atoms with Crippen molar-refractivity contribution in [3.63, 3.8) is 0 Å². The molecule has 2 saturated carbocycles. The molecule has 7 atom stereocenters. The fraction of sp³-hybridized carbons (Fsp3) is 0.387. The first-order valence-corrected chi connectivity index (χ1v) is 16.0. The summed E-state index contributed by atoms with van der Waals surface area (Å²) >= 11 is 2.76. The van der Waals surface area contributed by atoms with E-state index in [9.17, 15) is 24.0 Å². The summed E-state index contributed by atoms with van der Waals surface area (Å²) in [4.78, 5) is 68.5. The van der Waals surface area contributed by atoms with Gasteiger partial charge in [-0.2, -0.15) is 0 Å². The van der Waals surface area contributed by atoms with E-state index in [0.717, 1.165) is 33.2 Å². The summed E-state index contributed by atoms with van der Waals surface area (Å²) in [5, 5.41) is 12.7. The van der Waals surface area contributed by atoms with Gasteiger partial charge in [0, 0.05) is 40.3 Å². The molecule has 0 spiro atoms. The Morgan fingerprint density at radius 3 is 2.49 bits per heavy atom. The van der Waals surface area contributed by atoms with E-state index in [4.69, 9.17) is 9.84 Å². The third kappa shape index (κ3) is 4.76. The maximum atomic E-state index is 13.7. The third-order valence-corrected chi connectivity index (χ3v) is 11.8. The number of carboxylic acid groups (broad SMARTS) is 1. The highest BCUT2D eigenvalue weighted by molar-refractivity contribution is 8.00. The van der Waals surface area contributed by atoms with Crippen LogP contribution in [0.5, 0.6) is 5.75 Å². The predicted molar refractivity (Wildman–Crippen MR) is 159 cm³/mol. The Hall–Kier alpha value is -3.90. The van der Waals surface area contributed by atoms with Crippen LogP contribution in [0.1, 0.15) is 35.6 Å². The average Bonchev–Trinajstić information content (AvgIpc) is 3.72. The van der Waals surface area contributed by atoms with Gasteiger partial charge in [0.15, 0.2) is 6.61 Å². The molecule has 3 heterocycles. The Morgan fingerprint density at radius 1 is 1.00 bits per heavy atom. The van der Waals surface area contributed by atoms with Gasteiger partial charge in [0.05, 0.1) is 16.9 Å². The van der Waals surface area contributed by atoms with Crippen LogP contribution in [0.2, 0.25) is 0 Å². The standard InChI is InChI=1S/C31H29N3O7S2/c35-20(32-15-7-2-1-3-8-15)14-41-19-10-5-4-9-16(19)22-23-17-13-18(26(23)42-28-27(22)43-31(40)33-28)25-24(17)29(38)34(30(25)39)12-6-11-21(36)37/h1-5,7-10,17-18,22-26H,6,11-14H2,(H,32,35)(H,33,40)(H,36,37)/t17?,18?,22-,23?,24?,25?,26?/m1/s1. The molecule has 2 aromatic carbocycles. The first kappa shape index (κ1) is 27.9. The first-order chi connectivity index (χ1) is 20.8. The molecule has 2 bridgehead atoms. The number of thioether (sulfide) groups is 1. The van der Waals surface area contributed by atoms with Crippen LogP contribution >= 0.6 is 23.1 Å². The number of carbonyl (C=O) groups is 4. The number of aromatic nitrogens is 1. The number of nitrogens with one attached hydrogen (secondary N) is 2. The maximum Gasteiger partial charge on any atom is 0.305 e. The van der Waals surface area contributed by atoms with E-state index in [-0.39, 0.29) is 77.5 Å². The zero-order valence-electron chi connectivity index (χ0n) is 22.9. The van der Waals surface area contributed by atoms with E-state index in [1.807, 2.05) is 42.5 Å². The van der Waals surface area contributed by atoms with Crippen molar-refractivity contribution in [3.05, 3.63) is 74.7 Å². The summed E-state index contributed by atoms with van der Waals surface area (Å²) in [6, 6.07) is 16.7. The minimum Gasteiger partial charge on any atom is -0.483 e. The van der Waals surface area contributed by atoms with Gasteiger partial charge >= 0.3 is 10.8 Å². The van der Waals surface area contributed by atoms with E-state index < -0.39 is 17.8 Å². The molecule has 3 N–H and O–H groups in total. The number of imide groups is 1. The number of hydrogen-bond donors (Lipinski definition) is 3. The number of H-pyrrole nitrogens is 1. The summed E-state index contributed by atoms with van der Waals surface area (Å²) in [6.07, 6.45) is 0.874. The normalized spacial score (nSPS) is 28.4. The first-order valence-electron chi connectivity index (χ1n) is 14.3. The lowest BCUT2D eigenvalue weighted by Gasteiger charge is -2.43. The number of aromatic amines is 1. The predicted octanol–water partition coefficient (Wildman–Crippen LogP) is 3.79. The van der Waals surface area contributed by atoms with Crippen LogP contribution in [0.25, 0.3) is 0 Å². The number of rotatable bonds is 9. The van der Waals surface area contributed by atoms with Crippen LogP contribution in [-0.2, 0) is 19.2 Å². The summed E-state index contributed by atoms with van der Waals surface area (Å²) in [5.74, 6) is -2.36. The topological polar surface area (TPSA) is 146 Å². The Balaban J connectivity index is 1.19. The summed E-state index contributed by atoms with van der Waals surface area (Å²) < 4.78 is 6.10. The number of anilines is 1. The zero-order chi connectivity index (χ0) is 29.8. The molecule has 1 aromatic heterocycles. The monoisotopic (exact) mass is 619 g/mol. The van der Waals surface area contributed by atoms with E-state index in [1.165, 1.54) is 4.90 Å². The average molecular weight is 620 g/mol. The number of ether oxygens (including phenoxy) is 1. The molecule has 2 aliphatic heterocycles. The zero-order valence-corrected chi connectivity index (χ0v) is 24.6. The number of nitrogens with zero attached hydrogens (tertiary/aromatic N) is 1. The highest BCUT2D eigenvalue weighted by Gasteiger charge is 2.69. The van der Waals surface area contributed by atoms with Crippen LogP contribution in [0.4, 0.5) is 5.69 Å². The molecule has 6 unspecified atom stereocenters. The number of hydrogen-bond acceptors (Lipinski definition) is 8. The molecule has 3 amide bonds. The molecule has 0 radical (unpaired) electrons. The molecule has 12 heteroatoms. The second-order valence-electron chi connectivity index (χ2n) is 11.5. The highest BCUT2D eigenvalue weighted by Crippen LogP contribution is 2.69. The summed E-state index contributed by atoms with van der Waals surface area (Å²) in [6.45, 7) is -0.0859. The van der Waals surface area contributed by atoms with Crippen molar-refractivity contribution in [2.24, 2.45) is 29.6 Å². The largest absolute Gasteiger partial charge is 0.483 e. The molecule has 4 aliphatic rings. The molecule has 10 nitrogen and oxygen atoms in total. The van der Waals surface area contributed by atoms with Gasteiger partial charge in [0.2, 0.25) is 11.8 Å². The van der Waals surface area contributed by atoms with Crippen molar-refractivity contribution in [3.8, 4) is 5.75 Å². The maximum absolute atomic E-state index is 13.7. The Kier molecular flexibility index (Phi) is 7.13. The molecule has 7 rings (SSSR count). The Morgan fingerprint density at radius 2 is 1.72 bits per heavy atom. The molecule has 43 heavy (non-hydrogen) atoms. The van der Waals surface area contributed by atoms with Gasteiger partial charge in [-0.3, -0.25) is 28.9 Å². The lowest BCUT2D eigenvalue weighted by molar-refractivity contribution is -0.142. The quantitative estimate of drug-likeness (QED) is 0.307. The van der Waals surface area contributed by atoms with E-state index in [2.05, 4.69) is 10.3 Å². The van der Waals surface area contributed by atoms with Gasteiger partial charge in [-0.05, 0) is 48.8 Å². The number of fused-ring (bicyclic) bond motifs is 9. The number of amides is 3. The van der Waals surface area contributed by atoms with Crippen molar-refractivity contribution >= 4 is 52.5 Å². The fourth-order valence-electron chi connectivity index (χ4n) is 7.77. The van der Waals surface area contributed by atoms with Crippen LogP contribution < -0.4 is 14.9 Å². The van der Waals surface area contributed by atoms with E-state index in [0.29, 0.717) is 11.4 Å². The number of likely N-dealkylation sites (tertiary alicyclic amines) is 1. The van der Waals surface area contributed by atoms with Crippen molar-refractivity contribution in [2.75, 3.05) is 18.5 Å². The van der Waals surface area contributed by atoms with Gasteiger partial charge < -0.3 is 20.1 Å². The number of benzene rings is 2. The van der Waals surface area contributed by atoms with Crippen molar-refractivity contribution in [1.82, 2.24) is 9.88 Å². The van der Waals surface area contributed by atoms with Gasteiger partial charge in [0.25, 0.3) is 5.91 Å². The SMILES string of the molecule is O=C(O)CCCN1C(=O)C2C3CC(C2C1=O)C1C3Sc2[nH]c(=O)sc2[C@@H]1c1ccccc1OCC(=O)Nc1ccccc1. The highest BCUT2D eigenvalue weighted by atomic mass is 32.2. The second kappa shape index (κ2) is 11.0. The van der Waals surface area contributed by atoms with E-state index >= 15 is 0 Å². The fourth-order valence-corrected chi connectivity index (χ4v) is 10.6. The molecule has 3 fully saturated rings. The molecule has 222 valence electrons. The molecule has 1 saturated heterocycles. The number of aliphatic carboxylic acids is 1. The summed E-state index contributed by atoms with van der Waals surface area (Å²) in [5.41, 5.74) is 1.52. The van der Waals surface area contributed by atoms with Crippen LogP contribution in [0.3, 0.4) is 0 Å². The van der Waals surface area contributed by atoms with E-state index in [1.54, 1.807) is 23.9 Å². The minimum absolute atomic E-state index is 0.0131. The van der Waals surface area contributed by atoms with Crippen molar-refractivity contribution in [2.45, 2.75) is 35.5 Å². The number of thiazole rings is 1. The molecule has 3 aromatic rings. The van der Waals surface area contributed by atoms with Crippen LogP contribution in [0.15, 0.2) is 64.4 Å².